The third kappa shape index (κ3) is 5.30. The van der Waals surface area contributed by atoms with Gasteiger partial charge in [-0.1, -0.05) is 32.4 Å². The van der Waals surface area contributed by atoms with E-state index in [0.29, 0.717) is 5.56 Å². The minimum Gasteiger partial charge on any atom is -0.303 e. The highest BCUT2D eigenvalue weighted by molar-refractivity contribution is 7.91. The fourth-order valence-corrected chi connectivity index (χ4v) is 3.77. The summed E-state index contributed by atoms with van der Waals surface area (Å²) in [5.74, 6) is 0.101. The largest absolute Gasteiger partial charge is 0.303 e. The van der Waals surface area contributed by atoms with Crippen LogP contribution in [0.15, 0.2) is 29.2 Å². The number of piperidine rings is 1. The fourth-order valence-electron chi connectivity index (χ4n) is 2.89. The number of rotatable bonds is 6. The number of carbonyl (C=O) groups is 1. The maximum Gasteiger partial charge on any atom is 0.178 e. The van der Waals surface area contributed by atoms with E-state index in [1.54, 1.807) is 31.2 Å². The van der Waals surface area contributed by atoms with Gasteiger partial charge >= 0.3 is 0 Å². The maximum absolute atomic E-state index is 12.5. The minimum atomic E-state index is -3.20. The van der Waals surface area contributed by atoms with Gasteiger partial charge in [-0.25, -0.2) is 8.42 Å². The zero-order valence-corrected chi connectivity index (χ0v) is 15.5. The molecule has 1 aromatic rings. The molecule has 1 unspecified atom stereocenters. The summed E-state index contributed by atoms with van der Waals surface area (Å²) in [5.41, 5.74) is 0.597. The molecule has 0 aromatic heterocycles. The zero-order chi connectivity index (χ0) is 16.2. The highest BCUT2D eigenvalue weighted by atomic mass is 35.5. The molecule has 1 aliphatic rings. The third-order valence-electron chi connectivity index (χ3n) is 4.31. The first-order valence-corrected chi connectivity index (χ1v) is 9.68. The van der Waals surface area contributed by atoms with Gasteiger partial charge in [0.25, 0.3) is 0 Å². The van der Waals surface area contributed by atoms with Gasteiger partial charge in [0.1, 0.15) is 0 Å². The molecule has 4 nitrogen and oxygen atoms in total. The number of nitrogens with zero attached hydrogens (tertiary/aromatic N) is 1. The molecule has 2 rings (SSSR count). The third-order valence-corrected chi connectivity index (χ3v) is 6.06. The molecule has 130 valence electrons. The number of Topliss-reactive ketones (excluding diaryl/α,β-unsaturated/α-hetero) is 1. The Kier molecular flexibility index (Phi) is 7.71. The quantitative estimate of drug-likeness (QED) is 0.732. The molecule has 0 saturated carbocycles. The minimum absolute atomic E-state index is 0. The first-order valence-electron chi connectivity index (χ1n) is 8.03. The second kappa shape index (κ2) is 8.81. The summed E-state index contributed by atoms with van der Waals surface area (Å²) >= 11 is 0. The lowest BCUT2D eigenvalue weighted by atomic mass is 9.98. The van der Waals surface area contributed by atoms with E-state index >= 15 is 0 Å². The molecule has 1 heterocycles. The highest BCUT2D eigenvalue weighted by Gasteiger charge is 2.20. The van der Waals surface area contributed by atoms with Gasteiger partial charge in [-0.2, -0.15) is 0 Å². The molecule has 0 spiro atoms. The lowest BCUT2D eigenvalue weighted by Crippen LogP contribution is -2.35. The Balaban J connectivity index is 0.00000264. The zero-order valence-electron chi connectivity index (χ0n) is 13.8. The van der Waals surface area contributed by atoms with Gasteiger partial charge in [0.2, 0.25) is 0 Å². The summed E-state index contributed by atoms with van der Waals surface area (Å²) in [6, 6.07) is 6.36. The molecule has 1 fully saturated rings. The van der Waals surface area contributed by atoms with Crippen LogP contribution < -0.4 is 0 Å². The van der Waals surface area contributed by atoms with Gasteiger partial charge in [-0.15, -0.1) is 12.4 Å². The van der Waals surface area contributed by atoms with Crippen molar-refractivity contribution < 1.29 is 13.2 Å². The van der Waals surface area contributed by atoms with Crippen LogP contribution in [0.1, 0.15) is 43.5 Å². The molecule has 1 aliphatic heterocycles. The summed E-state index contributed by atoms with van der Waals surface area (Å²) < 4.78 is 23.6. The van der Waals surface area contributed by atoms with Gasteiger partial charge in [-0.3, -0.25) is 4.79 Å². The highest BCUT2D eigenvalue weighted by Crippen LogP contribution is 2.17. The van der Waals surface area contributed by atoms with E-state index in [2.05, 4.69) is 4.90 Å². The van der Waals surface area contributed by atoms with Gasteiger partial charge < -0.3 is 4.90 Å². The number of likely N-dealkylation sites (tertiary alicyclic amines) is 1. The number of benzene rings is 1. The van der Waals surface area contributed by atoms with Crippen molar-refractivity contribution in [3.63, 3.8) is 0 Å². The molecule has 1 aromatic carbocycles. The van der Waals surface area contributed by atoms with Gasteiger partial charge in [0.15, 0.2) is 15.6 Å². The van der Waals surface area contributed by atoms with Crippen molar-refractivity contribution in [2.75, 3.05) is 25.4 Å². The Morgan fingerprint density at radius 3 is 2.22 bits per heavy atom. The molecule has 6 heteroatoms. The van der Waals surface area contributed by atoms with E-state index in [0.717, 1.165) is 19.6 Å². The Labute approximate surface area is 145 Å². The summed E-state index contributed by atoms with van der Waals surface area (Å²) in [6.45, 7) is 6.51. The number of sulfone groups is 1. The van der Waals surface area contributed by atoms with E-state index in [9.17, 15) is 13.2 Å². The van der Waals surface area contributed by atoms with E-state index < -0.39 is 9.84 Å². The second-order valence-corrected chi connectivity index (χ2v) is 8.33. The van der Waals surface area contributed by atoms with E-state index in [1.807, 2.05) is 6.92 Å². The topological polar surface area (TPSA) is 54.5 Å². The smallest absolute Gasteiger partial charge is 0.178 e. The van der Waals surface area contributed by atoms with Crippen molar-refractivity contribution >= 4 is 28.0 Å². The van der Waals surface area contributed by atoms with Crippen LogP contribution in [0.3, 0.4) is 0 Å². The van der Waals surface area contributed by atoms with Gasteiger partial charge in [0, 0.05) is 18.0 Å². The summed E-state index contributed by atoms with van der Waals surface area (Å²) in [4.78, 5) is 15.1. The van der Waals surface area contributed by atoms with Crippen LogP contribution in [0.2, 0.25) is 0 Å². The molecule has 0 radical (unpaired) electrons. The standard InChI is InChI=1S/C17H25NO3S.ClH/c1-3-22(20,21)16-9-7-15(8-10-16)17(19)14(2)13-18-11-5-4-6-12-18;/h7-10,14H,3-6,11-13H2,1-2H3;1H. The van der Waals surface area contributed by atoms with Crippen LogP contribution in [-0.2, 0) is 9.84 Å². The van der Waals surface area contributed by atoms with E-state index in [4.69, 9.17) is 0 Å². The fraction of sp³-hybridized carbons (Fsp3) is 0.588. The molecule has 0 bridgehead atoms. The van der Waals surface area contributed by atoms with E-state index in [-0.39, 0.29) is 34.8 Å². The maximum atomic E-state index is 12.5. The average Bonchev–Trinajstić information content (AvgIpc) is 2.55. The molecule has 23 heavy (non-hydrogen) atoms. The SMILES string of the molecule is CCS(=O)(=O)c1ccc(C(=O)C(C)CN2CCCCC2)cc1.Cl. The van der Waals surface area contributed by atoms with Crippen LogP contribution in [0.5, 0.6) is 0 Å². The van der Waals surface area contributed by atoms with Crippen LogP contribution >= 0.6 is 12.4 Å². The molecular formula is C17H26ClNO3S. The Bertz CT molecular complexity index is 607. The predicted molar refractivity (Wildman–Crippen MR) is 95.2 cm³/mol. The monoisotopic (exact) mass is 359 g/mol. The van der Waals surface area contributed by atoms with Crippen molar-refractivity contribution in [1.82, 2.24) is 4.90 Å². The lowest BCUT2D eigenvalue weighted by Gasteiger charge is -2.28. The lowest BCUT2D eigenvalue weighted by molar-refractivity contribution is 0.0883. The summed E-state index contributed by atoms with van der Waals surface area (Å²) in [5, 5.41) is 0. The van der Waals surface area contributed by atoms with Crippen molar-refractivity contribution in [2.24, 2.45) is 5.92 Å². The molecule has 1 atom stereocenters. The van der Waals surface area contributed by atoms with Crippen LogP contribution in [0.4, 0.5) is 0 Å². The van der Waals surface area contributed by atoms with Crippen molar-refractivity contribution in [3.05, 3.63) is 29.8 Å². The van der Waals surface area contributed by atoms with Crippen molar-refractivity contribution in [1.29, 1.82) is 0 Å². The number of hydrogen-bond acceptors (Lipinski definition) is 4. The van der Waals surface area contributed by atoms with Crippen molar-refractivity contribution in [2.45, 2.75) is 38.0 Å². The van der Waals surface area contributed by atoms with Crippen LogP contribution in [-0.4, -0.2) is 44.5 Å². The average molecular weight is 360 g/mol. The molecular weight excluding hydrogens is 334 g/mol. The second-order valence-electron chi connectivity index (χ2n) is 6.05. The summed E-state index contributed by atoms with van der Waals surface area (Å²) in [7, 11) is -3.20. The Morgan fingerprint density at radius 2 is 1.70 bits per heavy atom. The number of hydrogen-bond donors (Lipinski definition) is 0. The Morgan fingerprint density at radius 1 is 1.13 bits per heavy atom. The molecule has 1 saturated heterocycles. The summed E-state index contributed by atoms with van der Waals surface area (Å²) in [6.07, 6.45) is 3.71. The molecule has 0 aliphatic carbocycles. The van der Waals surface area contributed by atoms with Crippen LogP contribution in [0.25, 0.3) is 0 Å². The Hall–Kier alpha value is -0.910. The molecule has 0 N–H and O–H groups in total. The predicted octanol–water partition coefficient (Wildman–Crippen LogP) is 3.21. The van der Waals surface area contributed by atoms with E-state index in [1.165, 1.54) is 19.3 Å². The number of ketones is 1. The van der Waals surface area contributed by atoms with Gasteiger partial charge in [0.05, 0.1) is 10.6 Å². The van der Waals surface area contributed by atoms with Gasteiger partial charge in [-0.05, 0) is 38.1 Å². The number of halogens is 1. The normalized spacial score (nSPS) is 17.3. The first kappa shape index (κ1) is 20.1. The molecule has 0 amide bonds. The number of carbonyl (C=O) groups excluding carboxylic acids is 1. The first-order chi connectivity index (χ1) is 10.4. The van der Waals surface area contributed by atoms with Crippen LogP contribution in [0, 0.1) is 5.92 Å². The van der Waals surface area contributed by atoms with Crippen molar-refractivity contribution in [3.8, 4) is 0 Å².